The Kier molecular flexibility index (Phi) is 6.12. The lowest BCUT2D eigenvalue weighted by molar-refractivity contribution is -0.115. The number of amides is 1. The molecule has 1 amide bonds. The van der Waals surface area contributed by atoms with Gasteiger partial charge in [-0.2, -0.15) is 4.98 Å². The van der Waals surface area contributed by atoms with Crippen molar-refractivity contribution in [3.05, 3.63) is 84.2 Å². The minimum absolute atomic E-state index is 0.101. The maximum Gasteiger partial charge on any atom is 0.228 e. The lowest BCUT2D eigenvalue weighted by Crippen LogP contribution is -2.14. The quantitative estimate of drug-likeness (QED) is 0.472. The van der Waals surface area contributed by atoms with Gasteiger partial charge in [0.25, 0.3) is 0 Å². The molecule has 0 fully saturated rings. The summed E-state index contributed by atoms with van der Waals surface area (Å²) in [6, 6.07) is 16.3. The normalized spacial score (nSPS) is 10.6. The first-order valence-electron chi connectivity index (χ1n) is 10.1. The fraction of sp³-hybridized carbons (Fsp3) is 0.167. The number of hydrogen-bond acceptors (Lipinski definition) is 6. The third-order valence-electron chi connectivity index (χ3n) is 4.76. The lowest BCUT2D eigenvalue weighted by atomic mass is 10.1. The number of imidazole rings is 1. The highest BCUT2D eigenvalue weighted by molar-refractivity contribution is 5.92. The number of nitrogens with one attached hydrogen (secondary N) is 1. The Morgan fingerprint density at radius 2 is 1.72 bits per heavy atom. The number of benzene rings is 2. The van der Waals surface area contributed by atoms with Crippen LogP contribution in [0, 0.1) is 13.8 Å². The van der Waals surface area contributed by atoms with Gasteiger partial charge in [-0.15, -0.1) is 0 Å². The Morgan fingerprint density at radius 1 is 1.00 bits per heavy atom. The molecule has 0 atom stereocenters. The van der Waals surface area contributed by atoms with Crippen LogP contribution in [0.3, 0.4) is 0 Å². The van der Waals surface area contributed by atoms with Crippen LogP contribution in [0.2, 0.25) is 0 Å². The molecular weight excluding hydrogens is 406 g/mol. The molecule has 0 aliphatic carbocycles. The monoisotopic (exact) mass is 429 g/mol. The molecule has 4 aromatic rings. The number of carbonyl (C=O) groups excluding carboxylic acids is 1. The Balaban J connectivity index is 1.40. The van der Waals surface area contributed by atoms with Crippen molar-refractivity contribution in [3.63, 3.8) is 0 Å². The lowest BCUT2D eigenvalue weighted by Gasteiger charge is -2.10. The highest BCUT2D eigenvalue weighted by Crippen LogP contribution is 2.23. The Morgan fingerprint density at radius 3 is 2.38 bits per heavy atom. The minimum Gasteiger partial charge on any atom is -0.497 e. The van der Waals surface area contributed by atoms with Crippen molar-refractivity contribution in [1.82, 2.24) is 19.5 Å². The number of ether oxygens (including phenoxy) is 2. The summed E-state index contributed by atoms with van der Waals surface area (Å²) >= 11 is 0. The number of rotatable bonds is 7. The molecule has 8 heteroatoms. The Hall–Kier alpha value is -4.20. The highest BCUT2D eigenvalue weighted by atomic mass is 16.5. The van der Waals surface area contributed by atoms with E-state index in [1.54, 1.807) is 43.6 Å². The molecule has 32 heavy (non-hydrogen) atoms. The summed E-state index contributed by atoms with van der Waals surface area (Å²) in [7, 11) is 1.61. The van der Waals surface area contributed by atoms with Crippen LogP contribution in [0.25, 0.3) is 5.82 Å². The molecular formula is C24H23N5O3. The molecule has 2 aromatic carbocycles. The highest BCUT2D eigenvalue weighted by Gasteiger charge is 2.09. The zero-order valence-electron chi connectivity index (χ0n) is 18.1. The van der Waals surface area contributed by atoms with Crippen molar-refractivity contribution in [2.45, 2.75) is 20.3 Å². The molecule has 162 valence electrons. The zero-order chi connectivity index (χ0) is 22.5. The van der Waals surface area contributed by atoms with E-state index in [2.05, 4.69) is 20.3 Å². The average molecular weight is 429 g/mol. The molecule has 0 bridgehead atoms. The first-order valence-corrected chi connectivity index (χ1v) is 10.1. The van der Waals surface area contributed by atoms with E-state index in [1.807, 2.05) is 48.9 Å². The number of aryl methyl sites for hydroxylation is 2. The molecule has 1 N–H and O–H groups in total. The standard InChI is InChI=1S/C24H23N5O3/c1-16-26-22(29-13-12-25-17(29)2)15-24(27-16)32-21-10-6-19(7-11-21)28-23(30)14-18-4-8-20(31-3)9-5-18/h4-13,15H,14H2,1-3H3,(H,28,30). The fourth-order valence-electron chi connectivity index (χ4n) is 3.18. The number of anilines is 1. The van der Waals surface area contributed by atoms with Crippen molar-refractivity contribution in [3.8, 4) is 23.2 Å². The van der Waals surface area contributed by atoms with Crippen LogP contribution in [-0.4, -0.2) is 32.5 Å². The third-order valence-corrected chi connectivity index (χ3v) is 4.76. The molecule has 0 saturated heterocycles. The Bertz CT molecular complexity index is 1220. The Labute approximate surface area is 185 Å². The van der Waals surface area contributed by atoms with Crippen molar-refractivity contribution in [2.24, 2.45) is 0 Å². The summed E-state index contributed by atoms with van der Waals surface area (Å²) in [5.41, 5.74) is 1.59. The molecule has 2 heterocycles. The number of carbonyl (C=O) groups is 1. The third kappa shape index (κ3) is 5.10. The molecule has 0 aliphatic heterocycles. The van der Waals surface area contributed by atoms with Crippen molar-refractivity contribution >= 4 is 11.6 Å². The van der Waals surface area contributed by atoms with Crippen LogP contribution >= 0.6 is 0 Å². The molecule has 8 nitrogen and oxygen atoms in total. The van der Waals surface area contributed by atoms with Crippen LogP contribution in [0.15, 0.2) is 67.0 Å². The van der Waals surface area contributed by atoms with E-state index in [9.17, 15) is 4.79 Å². The van der Waals surface area contributed by atoms with Crippen molar-refractivity contribution in [1.29, 1.82) is 0 Å². The van der Waals surface area contributed by atoms with Crippen molar-refractivity contribution < 1.29 is 14.3 Å². The number of aromatic nitrogens is 4. The second-order valence-electron chi connectivity index (χ2n) is 7.16. The van der Waals surface area contributed by atoms with E-state index < -0.39 is 0 Å². The largest absolute Gasteiger partial charge is 0.497 e. The van der Waals surface area contributed by atoms with Gasteiger partial charge in [-0.05, 0) is 55.8 Å². The van der Waals surface area contributed by atoms with Gasteiger partial charge < -0.3 is 14.8 Å². The molecule has 0 spiro atoms. The van der Waals surface area contributed by atoms with Crippen molar-refractivity contribution in [2.75, 3.05) is 12.4 Å². The van der Waals surface area contributed by atoms with Gasteiger partial charge in [-0.1, -0.05) is 12.1 Å². The first-order chi connectivity index (χ1) is 15.5. The minimum atomic E-state index is -0.101. The topological polar surface area (TPSA) is 91.2 Å². The molecule has 4 rings (SSSR count). The predicted molar refractivity (Wildman–Crippen MR) is 120 cm³/mol. The summed E-state index contributed by atoms with van der Waals surface area (Å²) in [5, 5.41) is 2.89. The van der Waals surface area contributed by atoms with E-state index in [0.717, 1.165) is 17.1 Å². The fourth-order valence-corrected chi connectivity index (χ4v) is 3.18. The van der Waals surface area contributed by atoms with Gasteiger partial charge in [-0.25, -0.2) is 9.97 Å². The van der Waals surface area contributed by atoms with Gasteiger partial charge in [0.1, 0.15) is 29.0 Å². The van der Waals surface area contributed by atoms with E-state index in [1.165, 1.54) is 0 Å². The molecule has 0 aliphatic rings. The van der Waals surface area contributed by atoms with Gasteiger partial charge in [0.2, 0.25) is 11.8 Å². The second kappa shape index (κ2) is 9.30. The summed E-state index contributed by atoms with van der Waals surface area (Å²) < 4.78 is 12.9. The van der Waals surface area contributed by atoms with Gasteiger partial charge in [0.05, 0.1) is 13.5 Å². The van der Waals surface area contributed by atoms with Crippen LogP contribution in [0.1, 0.15) is 17.2 Å². The van der Waals surface area contributed by atoms with E-state index in [0.29, 0.717) is 29.0 Å². The molecule has 2 aromatic heterocycles. The maximum absolute atomic E-state index is 12.3. The van der Waals surface area contributed by atoms with Crippen LogP contribution in [-0.2, 0) is 11.2 Å². The van der Waals surface area contributed by atoms with Gasteiger partial charge in [0.15, 0.2) is 0 Å². The van der Waals surface area contributed by atoms with Crippen LogP contribution in [0.4, 0.5) is 5.69 Å². The summed E-state index contributed by atoms with van der Waals surface area (Å²) in [6.45, 7) is 3.71. The summed E-state index contributed by atoms with van der Waals surface area (Å²) in [5.74, 6) is 3.79. The van der Waals surface area contributed by atoms with Gasteiger partial charge in [-0.3, -0.25) is 9.36 Å². The van der Waals surface area contributed by atoms with Crippen LogP contribution in [0.5, 0.6) is 17.4 Å². The number of nitrogens with zero attached hydrogens (tertiary/aromatic N) is 4. The molecule has 0 radical (unpaired) electrons. The second-order valence-corrected chi connectivity index (χ2v) is 7.16. The smallest absolute Gasteiger partial charge is 0.228 e. The average Bonchev–Trinajstić information content (AvgIpc) is 3.21. The first kappa shape index (κ1) is 21.0. The maximum atomic E-state index is 12.3. The summed E-state index contributed by atoms with van der Waals surface area (Å²) in [4.78, 5) is 25.4. The summed E-state index contributed by atoms with van der Waals surface area (Å²) in [6.07, 6.45) is 3.83. The van der Waals surface area contributed by atoms with E-state index in [-0.39, 0.29) is 12.3 Å². The van der Waals surface area contributed by atoms with Crippen LogP contribution < -0.4 is 14.8 Å². The van der Waals surface area contributed by atoms with E-state index in [4.69, 9.17) is 9.47 Å². The predicted octanol–water partition coefficient (Wildman–Crippen LogP) is 4.26. The zero-order valence-corrected chi connectivity index (χ0v) is 18.1. The molecule has 0 unspecified atom stereocenters. The molecule has 0 saturated carbocycles. The van der Waals surface area contributed by atoms with E-state index >= 15 is 0 Å². The van der Waals surface area contributed by atoms with Gasteiger partial charge >= 0.3 is 0 Å². The SMILES string of the molecule is COc1ccc(CC(=O)Nc2ccc(Oc3cc(-n4ccnc4C)nc(C)n3)cc2)cc1. The number of hydrogen-bond donors (Lipinski definition) is 1. The van der Waals surface area contributed by atoms with Gasteiger partial charge in [0, 0.05) is 24.1 Å². The number of methoxy groups -OCH3 is 1.